The number of hydrogen-bond donors (Lipinski definition) is 1. The van der Waals surface area contributed by atoms with Crippen molar-refractivity contribution < 1.29 is 22.4 Å². The Balaban J connectivity index is 1.59. The van der Waals surface area contributed by atoms with E-state index in [4.69, 9.17) is 23.2 Å². The summed E-state index contributed by atoms with van der Waals surface area (Å²) in [7, 11) is -4.38. The van der Waals surface area contributed by atoms with Crippen LogP contribution in [0.15, 0.2) is 102 Å². The SMILES string of the molecule is Cc1ccc(S(=O)(=O)N(CC(=O)N(Cc2ccccc2F)[C@@H](Cc2ccccc2)C(=O)NC2CCCCC2)c2cccc(Cl)c2Cl)cc1. The molecule has 1 fully saturated rings. The summed E-state index contributed by atoms with van der Waals surface area (Å²) in [5.74, 6) is -1.66. The molecule has 11 heteroatoms. The van der Waals surface area contributed by atoms with Gasteiger partial charge in [0.2, 0.25) is 11.8 Å². The van der Waals surface area contributed by atoms with E-state index in [-0.39, 0.29) is 51.1 Å². The fourth-order valence-electron chi connectivity index (χ4n) is 5.94. The van der Waals surface area contributed by atoms with Crippen molar-refractivity contribution in [2.75, 3.05) is 10.8 Å². The van der Waals surface area contributed by atoms with Crippen molar-refractivity contribution in [3.05, 3.63) is 130 Å². The lowest BCUT2D eigenvalue weighted by Gasteiger charge is -2.35. The molecule has 0 spiro atoms. The first kappa shape index (κ1) is 35.4. The highest BCUT2D eigenvalue weighted by atomic mass is 35.5. The second-order valence-electron chi connectivity index (χ2n) is 12.1. The maximum Gasteiger partial charge on any atom is 0.264 e. The summed E-state index contributed by atoms with van der Waals surface area (Å²) in [6, 6.07) is 24.8. The molecule has 5 rings (SSSR count). The number of sulfonamides is 1. The minimum absolute atomic E-state index is 0.00444. The highest BCUT2D eigenvalue weighted by molar-refractivity contribution is 7.92. The summed E-state index contributed by atoms with van der Waals surface area (Å²) < 4.78 is 44.6. The van der Waals surface area contributed by atoms with Crippen LogP contribution in [-0.4, -0.2) is 43.8 Å². The molecule has 1 atom stereocenters. The van der Waals surface area contributed by atoms with E-state index in [1.807, 2.05) is 37.3 Å². The third-order valence-corrected chi connectivity index (χ3v) is 11.2. The number of aryl methyl sites for hydroxylation is 1. The topological polar surface area (TPSA) is 86.8 Å². The minimum Gasteiger partial charge on any atom is -0.352 e. The summed E-state index contributed by atoms with van der Waals surface area (Å²) in [5.41, 5.74) is 1.81. The van der Waals surface area contributed by atoms with E-state index in [2.05, 4.69) is 5.32 Å². The number of halogens is 3. The van der Waals surface area contributed by atoms with E-state index in [1.54, 1.807) is 36.4 Å². The van der Waals surface area contributed by atoms with Gasteiger partial charge in [0.1, 0.15) is 18.4 Å². The number of anilines is 1. The number of carbonyl (C=O) groups is 2. The maximum atomic E-state index is 15.2. The molecule has 48 heavy (non-hydrogen) atoms. The van der Waals surface area contributed by atoms with Crippen molar-refractivity contribution in [3.63, 3.8) is 0 Å². The molecule has 0 aliphatic heterocycles. The van der Waals surface area contributed by atoms with Gasteiger partial charge < -0.3 is 10.2 Å². The van der Waals surface area contributed by atoms with Gasteiger partial charge in [0.15, 0.2) is 0 Å². The van der Waals surface area contributed by atoms with Gasteiger partial charge in [0.25, 0.3) is 10.0 Å². The Kier molecular flexibility index (Phi) is 11.8. The molecule has 7 nitrogen and oxygen atoms in total. The normalized spacial score (nSPS) is 14.2. The van der Waals surface area contributed by atoms with Crippen molar-refractivity contribution in [1.29, 1.82) is 0 Å². The number of nitrogens with one attached hydrogen (secondary N) is 1. The maximum absolute atomic E-state index is 15.2. The summed E-state index contributed by atoms with van der Waals surface area (Å²) >= 11 is 12.9. The fourth-order valence-corrected chi connectivity index (χ4v) is 7.82. The van der Waals surface area contributed by atoms with Gasteiger partial charge in [-0.15, -0.1) is 0 Å². The zero-order valence-corrected chi connectivity index (χ0v) is 28.9. The van der Waals surface area contributed by atoms with Crippen LogP contribution in [0.1, 0.15) is 48.8 Å². The predicted octanol–water partition coefficient (Wildman–Crippen LogP) is 7.73. The van der Waals surface area contributed by atoms with Crippen molar-refractivity contribution in [2.24, 2.45) is 0 Å². The quantitative estimate of drug-likeness (QED) is 0.163. The number of benzene rings is 4. The summed E-state index contributed by atoms with van der Waals surface area (Å²) in [5, 5.41) is 3.18. The van der Waals surface area contributed by atoms with Crippen LogP contribution in [0.4, 0.5) is 10.1 Å². The number of nitrogens with zero attached hydrogens (tertiary/aromatic N) is 2. The second kappa shape index (κ2) is 16.0. The van der Waals surface area contributed by atoms with E-state index in [0.717, 1.165) is 47.5 Å². The van der Waals surface area contributed by atoms with Gasteiger partial charge >= 0.3 is 0 Å². The second-order valence-corrected chi connectivity index (χ2v) is 14.7. The van der Waals surface area contributed by atoms with Crippen LogP contribution in [0.2, 0.25) is 10.0 Å². The minimum atomic E-state index is -4.38. The van der Waals surface area contributed by atoms with E-state index >= 15 is 4.39 Å². The first-order valence-corrected chi connectivity index (χ1v) is 18.1. The molecule has 4 aromatic rings. The van der Waals surface area contributed by atoms with Gasteiger partial charge in [-0.05, 0) is 55.7 Å². The lowest BCUT2D eigenvalue weighted by Crippen LogP contribution is -2.55. The molecule has 1 aliphatic carbocycles. The zero-order valence-electron chi connectivity index (χ0n) is 26.6. The Bertz CT molecular complexity index is 1840. The molecular formula is C37H38Cl2FN3O4S. The number of amides is 2. The lowest BCUT2D eigenvalue weighted by atomic mass is 9.94. The molecule has 1 saturated carbocycles. The first-order chi connectivity index (χ1) is 23.0. The van der Waals surface area contributed by atoms with E-state index in [9.17, 15) is 18.0 Å². The average molecular weight is 711 g/mol. The molecule has 0 heterocycles. The molecule has 0 aromatic heterocycles. The van der Waals surface area contributed by atoms with E-state index in [1.165, 1.54) is 35.2 Å². The summed E-state index contributed by atoms with van der Waals surface area (Å²) in [4.78, 5) is 30.0. The molecule has 2 amide bonds. The average Bonchev–Trinajstić information content (AvgIpc) is 3.08. The lowest BCUT2D eigenvalue weighted by molar-refractivity contribution is -0.140. The van der Waals surface area contributed by atoms with Crippen LogP contribution in [0, 0.1) is 12.7 Å². The number of rotatable bonds is 12. The fraction of sp³-hybridized carbons (Fsp3) is 0.297. The highest BCUT2D eigenvalue weighted by Gasteiger charge is 2.36. The van der Waals surface area contributed by atoms with Gasteiger partial charge in [0, 0.05) is 24.6 Å². The largest absolute Gasteiger partial charge is 0.352 e. The molecule has 252 valence electrons. The van der Waals surface area contributed by atoms with Crippen molar-refractivity contribution in [3.8, 4) is 0 Å². The van der Waals surface area contributed by atoms with E-state index < -0.39 is 34.3 Å². The molecule has 0 saturated heterocycles. The zero-order chi connectivity index (χ0) is 34.3. The number of hydrogen-bond acceptors (Lipinski definition) is 4. The van der Waals surface area contributed by atoms with Gasteiger partial charge in [-0.3, -0.25) is 13.9 Å². The molecule has 0 radical (unpaired) electrons. The Labute approximate surface area is 291 Å². The molecule has 1 aliphatic rings. The summed E-state index contributed by atoms with van der Waals surface area (Å²) in [6.07, 6.45) is 4.83. The van der Waals surface area contributed by atoms with Crippen LogP contribution in [0.5, 0.6) is 0 Å². The Morgan fingerprint density at radius 2 is 1.54 bits per heavy atom. The molecule has 0 unspecified atom stereocenters. The molecule has 1 N–H and O–H groups in total. The smallest absolute Gasteiger partial charge is 0.264 e. The Morgan fingerprint density at radius 1 is 0.875 bits per heavy atom. The van der Waals surface area contributed by atoms with Crippen LogP contribution < -0.4 is 9.62 Å². The van der Waals surface area contributed by atoms with Gasteiger partial charge in [-0.25, -0.2) is 12.8 Å². The third-order valence-electron chi connectivity index (χ3n) is 8.61. The standard InChI is InChI=1S/C37H38Cl2FN3O4S/c1-26-19-21-30(22-20-26)48(46,47)43(33-18-10-16-31(38)36(33)39)25-35(44)42(24-28-13-8-9-17-32(28)40)34(23-27-11-4-2-5-12-27)37(45)41-29-14-6-3-7-15-29/h2,4-5,8-13,16-22,29,34H,3,6-7,14-15,23-25H2,1H3,(H,41,45)/t34-/m0/s1. The monoisotopic (exact) mass is 709 g/mol. The predicted molar refractivity (Wildman–Crippen MR) is 188 cm³/mol. The third kappa shape index (κ3) is 8.56. The van der Waals surface area contributed by atoms with Crippen LogP contribution in [-0.2, 0) is 32.6 Å². The van der Waals surface area contributed by atoms with E-state index in [0.29, 0.717) is 0 Å². The van der Waals surface area contributed by atoms with Crippen molar-refractivity contribution in [2.45, 2.75) is 69.0 Å². The number of carbonyl (C=O) groups excluding carboxylic acids is 2. The van der Waals surface area contributed by atoms with Crippen LogP contribution >= 0.6 is 23.2 Å². The Morgan fingerprint density at radius 3 is 2.23 bits per heavy atom. The van der Waals surface area contributed by atoms with Crippen LogP contribution in [0.25, 0.3) is 0 Å². The molecule has 0 bridgehead atoms. The van der Waals surface area contributed by atoms with Gasteiger partial charge in [0.05, 0.1) is 20.6 Å². The van der Waals surface area contributed by atoms with Crippen molar-refractivity contribution >= 4 is 50.7 Å². The Hall–Kier alpha value is -3.92. The highest BCUT2D eigenvalue weighted by Crippen LogP contribution is 2.36. The van der Waals surface area contributed by atoms with Gasteiger partial charge in [-0.1, -0.05) is 115 Å². The molecule has 4 aromatic carbocycles. The van der Waals surface area contributed by atoms with Crippen LogP contribution in [0.3, 0.4) is 0 Å². The van der Waals surface area contributed by atoms with Gasteiger partial charge in [-0.2, -0.15) is 0 Å². The first-order valence-electron chi connectivity index (χ1n) is 15.9. The molecular weight excluding hydrogens is 672 g/mol. The van der Waals surface area contributed by atoms with Crippen molar-refractivity contribution in [1.82, 2.24) is 10.2 Å². The summed E-state index contributed by atoms with van der Waals surface area (Å²) in [6.45, 7) is 0.826.